The minimum Gasteiger partial charge on any atom is -0.382 e. The number of halogens is 1. The van der Waals surface area contributed by atoms with E-state index >= 15 is 0 Å². The predicted molar refractivity (Wildman–Crippen MR) is 78.6 cm³/mol. The monoisotopic (exact) mass is 275 g/mol. The third-order valence-corrected chi connectivity index (χ3v) is 3.79. The molecule has 106 valence electrons. The maximum absolute atomic E-state index is 14.0. The van der Waals surface area contributed by atoms with E-state index in [1.807, 2.05) is 0 Å². The lowest BCUT2D eigenvalue weighted by Crippen LogP contribution is -2.33. The largest absolute Gasteiger partial charge is 0.382 e. The molecule has 0 spiro atoms. The van der Waals surface area contributed by atoms with Crippen LogP contribution in [0.4, 0.5) is 10.1 Å². The molecule has 3 rings (SSSR count). The first-order valence-electron chi connectivity index (χ1n) is 6.99. The zero-order valence-electron chi connectivity index (χ0n) is 11.2. The molecule has 1 aliphatic heterocycles. The van der Waals surface area contributed by atoms with Gasteiger partial charge in [0.05, 0.1) is 11.2 Å². The Kier molecular flexibility index (Phi) is 3.69. The van der Waals surface area contributed by atoms with Crippen molar-refractivity contribution >= 4 is 16.6 Å². The summed E-state index contributed by atoms with van der Waals surface area (Å²) in [5.74, 6) is 0.238. The highest BCUT2D eigenvalue weighted by molar-refractivity contribution is 5.82. The maximum atomic E-state index is 14.0. The second kappa shape index (κ2) is 5.63. The predicted octanol–water partition coefficient (Wildman–Crippen LogP) is 2.08. The summed E-state index contributed by atoms with van der Waals surface area (Å²) in [6, 6.07) is 6.16. The van der Waals surface area contributed by atoms with Gasteiger partial charge in [0.2, 0.25) is 5.56 Å². The van der Waals surface area contributed by atoms with Crippen LogP contribution in [0.3, 0.4) is 0 Å². The van der Waals surface area contributed by atoms with Crippen molar-refractivity contribution in [1.29, 1.82) is 0 Å². The number of rotatable bonds is 3. The van der Waals surface area contributed by atoms with Crippen LogP contribution in [0.2, 0.25) is 0 Å². The second-order valence-electron chi connectivity index (χ2n) is 5.34. The molecule has 1 saturated heterocycles. The van der Waals surface area contributed by atoms with Crippen LogP contribution in [0.5, 0.6) is 0 Å². The molecule has 4 nitrogen and oxygen atoms in total. The van der Waals surface area contributed by atoms with E-state index in [2.05, 4.69) is 15.6 Å². The highest BCUT2D eigenvalue weighted by Gasteiger charge is 2.13. The minimum absolute atomic E-state index is 0.175. The number of anilines is 1. The molecule has 2 aromatic rings. The Bertz CT molecular complexity index is 662. The smallest absolute Gasteiger partial charge is 0.248 e. The molecule has 1 atom stereocenters. The summed E-state index contributed by atoms with van der Waals surface area (Å²) in [4.78, 5) is 14.0. The van der Waals surface area contributed by atoms with Crippen molar-refractivity contribution in [1.82, 2.24) is 10.3 Å². The van der Waals surface area contributed by atoms with E-state index in [1.54, 1.807) is 12.1 Å². The Morgan fingerprint density at radius 2 is 2.25 bits per heavy atom. The second-order valence-corrected chi connectivity index (χ2v) is 5.34. The highest BCUT2D eigenvalue weighted by Crippen LogP contribution is 2.21. The van der Waals surface area contributed by atoms with Gasteiger partial charge >= 0.3 is 0 Å². The summed E-state index contributed by atoms with van der Waals surface area (Å²) in [7, 11) is 0. The van der Waals surface area contributed by atoms with Crippen LogP contribution < -0.4 is 16.2 Å². The Morgan fingerprint density at radius 1 is 1.35 bits per heavy atom. The van der Waals surface area contributed by atoms with Gasteiger partial charge in [-0.1, -0.05) is 0 Å². The average Bonchev–Trinajstić information content (AvgIpc) is 2.46. The number of aromatic nitrogens is 1. The van der Waals surface area contributed by atoms with Crippen LogP contribution >= 0.6 is 0 Å². The van der Waals surface area contributed by atoms with E-state index < -0.39 is 0 Å². The first-order valence-corrected chi connectivity index (χ1v) is 6.99. The summed E-state index contributed by atoms with van der Waals surface area (Å²) in [5.41, 5.74) is 0.930. The number of nitrogens with one attached hydrogen (secondary N) is 3. The summed E-state index contributed by atoms with van der Waals surface area (Å²) in [5, 5.41) is 7.20. The van der Waals surface area contributed by atoms with E-state index in [-0.39, 0.29) is 11.4 Å². The molecule has 0 radical (unpaired) electrons. The van der Waals surface area contributed by atoms with Crippen molar-refractivity contribution in [3.05, 3.63) is 40.4 Å². The normalized spacial score (nSPS) is 19.1. The van der Waals surface area contributed by atoms with Crippen molar-refractivity contribution in [3.8, 4) is 0 Å². The first-order chi connectivity index (χ1) is 9.72. The summed E-state index contributed by atoms with van der Waals surface area (Å²) in [6.45, 7) is 2.79. The molecule has 1 aromatic heterocycles. The van der Waals surface area contributed by atoms with Gasteiger partial charge in [-0.3, -0.25) is 4.79 Å². The topological polar surface area (TPSA) is 56.9 Å². The molecular formula is C15H18FN3O. The van der Waals surface area contributed by atoms with Crippen molar-refractivity contribution in [2.45, 2.75) is 12.8 Å². The van der Waals surface area contributed by atoms with Gasteiger partial charge in [-0.2, -0.15) is 0 Å². The number of hydrogen-bond donors (Lipinski definition) is 3. The lowest BCUT2D eigenvalue weighted by molar-refractivity contribution is 0.392. The van der Waals surface area contributed by atoms with Crippen molar-refractivity contribution < 1.29 is 4.39 Å². The fourth-order valence-electron chi connectivity index (χ4n) is 2.66. The van der Waals surface area contributed by atoms with Gasteiger partial charge in [-0.15, -0.1) is 0 Å². The maximum Gasteiger partial charge on any atom is 0.248 e. The van der Waals surface area contributed by atoms with E-state index in [4.69, 9.17) is 0 Å². The lowest BCUT2D eigenvalue weighted by atomic mass is 9.99. The molecule has 3 N–H and O–H groups in total. The molecule has 2 heterocycles. The molecule has 0 saturated carbocycles. The van der Waals surface area contributed by atoms with Crippen LogP contribution in [0.15, 0.2) is 29.1 Å². The van der Waals surface area contributed by atoms with E-state index in [0.29, 0.717) is 22.5 Å². The molecule has 0 amide bonds. The highest BCUT2D eigenvalue weighted by atomic mass is 19.1. The molecule has 5 heteroatoms. The van der Waals surface area contributed by atoms with Gasteiger partial charge in [0.15, 0.2) is 0 Å². The number of pyridine rings is 1. The summed E-state index contributed by atoms with van der Waals surface area (Å²) < 4.78 is 14.0. The molecule has 1 aliphatic rings. The fourth-order valence-corrected chi connectivity index (χ4v) is 2.66. The number of H-pyrrole nitrogens is 1. The quantitative estimate of drug-likeness (QED) is 0.804. The van der Waals surface area contributed by atoms with E-state index in [1.165, 1.54) is 18.6 Å². The van der Waals surface area contributed by atoms with E-state index in [9.17, 15) is 9.18 Å². The Hall–Kier alpha value is -1.88. The molecule has 1 fully saturated rings. The van der Waals surface area contributed by atoms with Crippen molar-refractivity contribution in [3.63, 3.8) is 0 Å². The van der Waals surface area contributed by atoms with Gasteiger partial charge in [0, 0.05) is 18.0 Å². The molecular weight excluding hydrogens is 257 g/mol. The number of piperidine rings is 1. The zero-order chi connectivity index (χ0) is 13.9. The van der Waals surface area contributed by atoms with Gasteiger partial charge in [-0.25, -0.2) is 4.39 Å². The van der Waals surface area contributed by atoms with Gasteiger partial charge in [0.1, 0.15) is 5.82 Å². The van der Waals surface area contributed by atoms with Crippen molar-refractivity contribution in [2.24, 2.45) is 5.92 Å². The standard InChI is InChI=1S/C15H18FN3O/c16-12-6-11-3-4-15(20)19-13(11)7-14(12)18-9-10-2-1-5-17-8-10/h3-4,6-7,10,17-18H,1-2,5,8-9H2,(H,19,20). The fraction of sp³-hybridized carbons (Fsp3) is 0.400. The number of benzene rings is 1. The lowest BCUT2D eigenvalue weighted by Gasteiger charge is -2.23. The summed E-state index contributed by atoms with van der Waals surface area (Å²) >= 11 is 0. The third-order valence-electron chi connectivity index (χ3n) is 3.79. The van der Waals surface area contributed by atoms with Crippen molar-refractivity contribution in [2.75, 3.05) is 25.0 Å². The van der Waals surface area contributed by atoms with Crippen LogP contribution in [-0.4, -0.2) is 24.6 Å². The zero-order valence-corrected chi connectivity index (χ0v) is 11.2. The number of fused-ring (bicyclic) bond motifs is 1. The SMILES string of the molecule is O=c1ccc2cc(F)c(NCC3CCCNC3)cc2[nH]1. The Balaban J connectivity index is 1.79. The Morgan fingerprint density at radius 3 is 3.05 bits per heavy atom. The van der Waals surface area contributed by atoms with Crippen LogP contribution in [-0.2, 0) is 0 Å². The van der Waals surface area contributed by atoms with Crippen LogP contribution in [0.25, 0.3) is 10.9 Å². The number of aromatic amines is 1. The third kappa shape index (κ3) is 2.82. The first kappa shape index (κ1) is 13.1. The molecule has 1 unspecified atom stereocenters. The van der Waals surface area contributed by atoms with Crippen LogP contribution in [0.1, 0.15) is 12.8 Å². The van der Waals surface area contributed by atoms with Gasteiger partial charge in [-0.05, 0) is 50.0 Å². The molecule has 1 aromatic carbocycles. The number of hydrogen-bond acceptors (Lipinski definition) is 3. The minimum atomic E-state index is -0.284. The van der Waals surface area contributed by atoms with Gasteiger partial charge < -0.3 is 15.6 Å². The molecule has 0 bridgehead atoms. The summed E-state index contributed by atoms with van der Waals surface area (Å²) in [6.07, 6.45) is 2.33. The molecule has 20 heavy (non-hydrogen) atoms. The Labute approximate surface area is 116 Å². The van der Waals surface area contributed by atoms with Crippen LogP contribution in [0, 0.1) is 11.7 Å². The average molecular weight is 275 g/mol. The van der Waals surface area contributed by atoms with Gasteiger partial charge in [0.25, 0.3) is 0 Å². The van der Waals surface area contributed by atoms with E-state index in [0.717, 1.165) is 26.1 Å². The molecule has 0 aliphatic carbocycles.